The molecule has 2 aromatic rings. The Kier molecular flexibility index (Phi) is 8.04. The van der Waals surface area contributed by atoms with Crippen molar-refractivity contribution in [2.45, 2.75) is 44.9 Å². The lowest BCUT2D eigenvalue weighted by Gasteiger charge is -2.21. The predicted molar refractivity (Wildman–Crippen MR) is 114 cm³/mol. The summed E-state index contributed by atoms with van der Waals surface area (Å²) < 4.78 is 16.8. The van der Waals surface area contributed by atoms with Crippen molar-refractivity contribution in [2.75, 3.05) is 33.9 Å². The molecular weight excluding hydrogens is 350 g/mol. The minimum Gasteiger partial charge on any atom is -0.497 e. The van der Waals surface area contributed by atoms with Gasteiger partial charge in [0.15, 0.2) is 11.5 Å². The van der Waals surface area contributed by atoms with E-state index in [0.717, 1.165) is 56.0 Å². The first-order valence-corrected chi connectivity index (χ1v) is 10.5. The lowest BCUT2D eigenvalue weighted by molar-refractivity contribution is 0.290. The number of aryl methyl sites for hydroxylation is 2. The zero-order valence-corrected chi connectivity index (χ0v) is 17.3. The van der Waals surface area contributed by atoms with Crippen molar-refractivity contribution in [1.29, 1.82) is 0 Å². The quantitative estimate of drug-likeness (QED) is 0.577. The molecule has 2 aromatic carbocycles. The largest absolute Gasteiger partial charge is 0.497 e. The predicted octanol–water partition coefficient (Wildman–Crippen LogP) is 4.57. The van der Waals surface area contributed by atoms with Crippen LogP contribution >= 0.6 is 0 Å². The number of hydrogen-bond donors (Lipinski definition) is 1. The maximum atomic E-state index is 5.99. The minimum absolute atomic E-state index is 0.660. The second kappa shape index (κ2) is 11.0. The van der Waals surface area contributed by atoms with Crippen molar-refractivity contribution in [3.05, 3.63) is 53.1 Å². The fourth-order valence-electron chi connectivity index (χ4n) is 3.84. The number of hydrogen-bond acceptors (Lipinski definition) is 4. The van der Waals surface area contributed by atoms with E-state index in [1.165, 1.54) is 36.0 Å². The molecule has 4 heteroatoms. The third kappa shape index (κ3) is 5.65. The third-order valence-electron chi connectivity index (χ3n) is 5.41. The van der Waals surface area contributed by atoms with Crippen molar-refractivity contribution in [3.63, 3.8) is 0 Å². The molecule has 0 fully saturated rings. The third-order valence-corrected chi connectivity index (χ3v) is 5.41. The van der Waals surface area contributed by atoms with E-state index in [2.05, 4.69) is 29.6 Å². The number of benzene rings is 2. The molecule has 0 heterocycles. The standard InChI is InChI=1S/C24H33NO3/c1-26-21-13-10-19(11-14-21)7-5-6-16-25-17-18-28-23-15-12-20-8-3-4-9-22(20)24(23)27-2/h10-15,25H,3-9,16-18H2,1-2H3. The van der Waals surface area contributed by atoms with E-state index < -0.39 is 0 Å². The Bertz CT molecular complexity index is 727. The molecule has 28 heavy (non-hydrogen) atoms. The molecule has 4 nitrogen and oxygen atoms in total. The van der Waals surface area contributed by atoms with Crippen LogP contribution < -0.4 is 19.5 Å². The van der Waals surface area contributed by atoms with Gasteiger partial charge in [0.25, 0.3) is 0 Å². The average molecular weight is 384 g/mol. The highest BCUT2D eigenvalue weighted by Gasteiger charge is 2.17. The first-order valence-electron chi connectivity index (χ1n) is 10.5. The first kappa shape index (κ1) is 20.5. The molecule has 0 atom stereocenters. The van der Waals surface area contributed by atoms with E-state index in [1.807, 2.05) is 12.1 Å². The van der Waals surface area contributed by atoms with Gasteiger partial charge in [-0.2, -0.15) is 0 Å². The van der Waals surface area contributed by atoms with E-state index in [9.17, 15) is 0 Å². The summed E-state index contributed by atoms with van der Waals surface area (Å²) in [5, 5.41) is 3.47. The topological polar surface area (TPSA) is 39.7 Å². The molecule has 0 unspecified atom stereocenters. The highest BCUT2D eigenvalue weighted by Crippen LogP contribution is 2.37. The van der Waals surface area contributed by atoms with Crippen molar-refractivity contribution in [3.8, 4) is 17.2 Å². The number of rotatable bonds is 11. The van der Waals surface area contributed by atoms with Crippen molar-refractivity contribution >= 4 is 0 Å². The van der Waals surface area contributed by atoms with E-state index >= 15 is 0 Å². The fraction of sp³-hybridized carbons (Fsp3) is 0.500. The fourth-order valence-corrected chi connectivity index (χ4v) is 3.84. The van der Waals surface area contributed by atoms with Gasteiger partial charge in [-0.1, -0.05) is 18.2 Å². The van der Waals surface area contributed by atoms with Gasteiger partial charge in [0.05, 0.1) is 14.2 Å². The normalized spacial score (nSPS) is 13.1. The van der Waals surface area contributed by atoms with Crippen LogP contribution in [0.3, 0.4) is 0 Å². The SMILES string of the molecule is COc1ccc(CCCCNCCOc2ccc3c(c2OC)CCCC3)cc1. The molecule has 1 N–H and O–H groups in total. The molecule has 0 saturated carbocycles. The smallest absolute Gasteiger partial charge is 0.164 e. The van der Waals surface area contributed by atoms with Crippen LogP contribution in [0, 0.1) is 0 Å². The Labute approximate surface area is 169 Å². The van der Waals surface area contributed by atoms with Crippen molar-refractivity contribution in [1.82, 2.24) is 5.32 Å². The maximum Gasteiger partial charge on any atom is 0.164 e. The summed E-state index contributed by atoms with van der Waals surface area (Å²) in [6, 6.07) is 12.6. The number of fused-ring (bicyclic) bond motifs is 1. The Hall–Kier alpha value is -2.20. The lowest BCUT2D eigenvalue weighted by atomic mass is 9.91. The number of methoxy groups -OCH3 is 2. The molecular formula is C24H33NO3. The zero-order valence-electron chi connectivity index (χ0n) is 17.3. The highest BCUT2D eigenvalue weighted by molar-refractivity contribution is 5.51. The molecule has 0 bridgehead atoms. The number of ether oxygens (including phenoxy) is 3. The number of unbranched alkanes of at least 4 members (excludes halogenated alkanes) is 1. The van der Waals surface area contributed by atoms with Crippen LogP contribution in [-0.4, -0.2) is 33.9 Å². The molecule has 0 saturated heterocycles. The number of nitrogens with one attached hydrogen (secondary N) is 1. The summed E-state index contributed by atoms with van der Waals surface area (Å²) >= 11 is 0. The van der Waals surface area contributed by atoms with Crippen LogP contribution in [0.1, 0.15) is 42.4 Å². The Morgan fingerprint density at radius 2 is 1.68 bits per heavy atom. The van der Waals surface area contributed by atoms with Gasteiger partial charge in [-0.05, 0) is 80.8 Å². The summed E-state index contributed by atoms with van der Waals surface area (Å²) in [6.45, 7) is 2.53. The Morgan fingerprint density at radius 3 is 2.46 bits per heavy atom. The van der Waals surface area contributed by atoms with Gasteiger partial charge in [-0.3, -0.25) is 0 Å². The summed E-state index contributed by atoms with van der Waals surface area (Å²) in [5.41, 5.74) is 4.13. The monoisotopic (exact) mass is 383 g/mol. The van der Waals surface area contributed by atoms with Gasteiger partial charge in [0.2, 0.25) is 0 Å². The van der Waals surface area contributed by atoms with Gasteiger partial charge in [0, 0.05) is 12.1 Å². The van der Waals surface area contributed by atoms with Crippen LogP contribution in [0.2, 0.25) is 0 Å². The van der Waals surface area contributed by atoms with Crippen molar-refractivity contribution in [2.24, 2.45) is 0 Å². The van der Waals surface area contributed by atoms with Crippen molar-refractivity contribution < 1.29 is 14.2 Å². The van der Waals surface area contributed by atoms with Crippen LogP contribution in [0.15, 0.2) is 36.4 Å². The molecule has 0 aliphatic heterocycles. The Balaban J connectivity index is 1.32. The second-order valence-corrected chi connectivity index (χ2v) is 7.35. The lowest BCUT2D eigenvalue weighted by Crippen LogP contribution is -2.22. The maximum absolute atomic E-state index is 5.99. The molecule has 0 aromatic heterocycles. The van der Waals surface area contributed by atoms with E-state index in [1.54, 1.807) is 14.2 Å². The van der Waals surface area contributed by atoms with E-state index in [-0.39, 0.29) is 0 Å². The summed E-state index contributed by atoms with van der Waals surface area (Å²) in [4.78, 5) is 0. The highest BCUT2D eigenvalue weighted by atomic mass is 16.5. The van der Waals surface area contributed by atoms with Crippen LogP contribution in [-0.2, 0) is 19.3 Å². The molecule has 0 spiro atoms. The molecule has 1 aliphatic carbocycles. The minimum atomic E-state index is 0.660. The zero-order chi connectivity index (χ0) is 19.6. The molecule has 152 valence electrons. The average Bonchev–Trinajstić information content (AvgIpc) is 2.75. The van der Waals surface area contributed by atoms with Crippen LogP contribution in [0.25, 0.3) is 0 Å². The van der Waals surface area contributed by atoms with Gasteiger partial charge in [0.1, 0.15) is 12.4 Å². The van der Waals surface area contributed by atoms with Crippen LogP contribution in [0.5, 0.6) is 17.2 Å². The molecule has 1 aliphatic rings. The van der Waals surface area contributed by atoms with Gasteiger partial charge < -0.3 is 19.5 Å². The van der Waals surface area contributed by atoms with Gasteiger partial charge >= 0.3 is 0 Å². The summed E-state index contributed by atoms with van der Waals surface area (Å²) in [6.07, 6.45) is 8.22. The summed E-state index contributed by atoms with van der Waals surface area (Å²) in [7, 11) is 3.45. The van der Waals surface area contributed by atoms with E-state index in [0.29, 0.717) is 6.61 Å². The molecule has 0 radical (unpaired) electrons. The van der Waals surface area contributed by atoms with E-state index in [4.69, 9.17) is 14.2 Å². The first-order chi connectivity index (χ1) is 13.8. The van der Waals surface area contributed by atoms with Crippen LogP contribution in [0.4, 0.5) is 0 Å². The summed E-state index contributed by atoms with van der Waals surface area (Å²) in [5.74, 6) is 2.74. The van der Waals surface area contributed by atoms with Gasteiger partial charge in [-0.25, -0.2) is 0 Å². The van der Waals surface area contributed by atoms with Gasteiger partial charge in [-0.15, -0.1) is 0 Å². The molecule has 3 rings (SSSR count). The second-order valence-electron chi connectivity index (χ2n) is 7.35. The molecule has 0 amide bonds. The Morgan fingerprint density at radius 1 is 0.857 bits per heavy atom.